The molecular weight excluding hydrogens is 196 g/mol. The largest absolute Gasteiger partial charge is 0.311 e. The summed E-state index contributed by atoms with van der Waals surface area (Å²) in [7, 11) is 0. The lowest BCUT2D eigenvalue weighted by molar-refractivity contribution is 0.225. The topological polar surface area (TPSA) is 35.8 Å². The molecule has 0 bridgehead atoms. The summed E-state index contributed by atoms with van der Waals surface area (Å²) in [6.07, 6.45) is 4.59. The van der Waals surface area contributed by atoms with Crippen LogP contribution in [0.2, 0.25) is 0 Å². The summed E-state index contributed by atoms with van der Waals surface area (Å²) in [5.74, 6) is 0. The van der Waals surface area contributed by atoms with E-state index in [9.17, 15) is 5.26 Å². The van der Waals surface area contributed by atoms with Gasteiger partial charge in [0.2, 0.25) is 0 Å². The molecule has 0 spiro atoms. The van der Waals surface area contributed by atoms with Crippen molar-refractivity contribution in [1.29, 1.82) is 5.26 Å². The molecule has 2 aliphatic carbocycles. The molecule has 1 aromatic carbocycles. The van der Waals surface area contributed by atoms with E-state index in [4.69, 9.17) is 0 Å². The molecule has 0 aromatic heterocycles. The third-order valence-corrected chi connectivity index (χ3v) is 3.78. The van der Waals surface area contributed by atoms with E-state index in [-0.39, 0.29) is 5.41 Å². The zero-order chi connectivity index (χ0) is 11.0. The summed E-state index contributed by atoms with van der Waals surface area (Å²) in [5.41, 5.74) is 0.972. The van der Waals surface area contributed by atoms with Crippen LogP contribution in [-0.2, 0) is 5.41 Å². The summed E-state index contributed by atoms with van der Waals surface area (Å²) in [6, 6.07) is 14.0. The Hall–Kier alpha value is -1.33. The van der Waals surface area contributed by atoms with E-state index in [0.29, 0.717) is 6.04 Å². The fourth-order valence-corrected chi connectivity index (χ4v) is 2.63. The van der Waals surface area contributed by atoms with E-state index in [0.717, 1.165) is 18.9 Å². The van der Waals surface area contributed by atoms with Crippen molar-refractivity contribution in [2.75, 3.05) is 0 Å². The highest BCUT2D eigenvalue weighted by atomic mass is 15.0. The fraction of sp³-hybridized carbons (Fsp3) is 0.500. The highest BCUT2D eigenvalue weighted by Gasteiger charge is 2.47. The van der Waals surface area contributed by atoms with Crippen molar-refractivity contribution < 1.29 is 0 Å². The summed E-state index contributed by atoms with van der Waals surface area (Å²) in [6.45, 7) is 0. The minimum absolute atomic E-state index is 0.214. The van der Waals surface area contributed by atoms with Crippen LogP contribution >= 0.6 is 0 Å². The number of nitrogens with one attached hydrogen (secondary N) is 1. The summed E-state index contributed by atoms with van der Waals surface area (Å²) < 4.78 is 0. The second kappa shape index (κ2) is 3.61. The molecule has 1 N–H and O–H groups in total. The van der Waals surface area contributed by atoms with Crippen LogP contribution in [-0.4, -0.2) is 12.1 Å². The maximum atomic E-state index is 9.38. The highest BCUT2D eigenvalue weighted by Crippen LogP contribution is 2.44. The van der Waals surface area contributed by atoms with Crippen molar-refractivity contribution in [3.05, 3.63) is 35.9 Å². The van der Waals surface area contributed by atoms with E-state index in [1.807, 2.05) is 18.2 Å². The van der Waals surface area contributed by atoms with Crippen LogP contribution in [0.4, 0.5) is 0 Å². The van der Waals surface area contributed by atoms with Gasteiger partial charge in [0.05, 0.1) is 11.5 Å². The molecule has 2 saturated carbocycles. The summed E-state index contributed by atoms with van der Waals surface area (Å²) in [5, 5.41) is 13.0. The first-order valence-electron chi connectivity index (χ1n) is 6.05. The van der Waals surface area contributed by atoms with Gasteiger partial charge in [0.15, 0.2) is 0 Å². The van der Waals surface area contributed by atoms with Gasteiger partial charge < -0.3 is 5.32 Å². The molecule has 1 aromatic rings. The maximum Gasteiger partial charge on any atom is 0.0852 e. The summed E-state index contributed by atoms with van der Waals surface area (Å²) in [4.78, 5) is 0. The van der Waals surface area contributed by atoms with Crippen LogP contribution in [0.3, 0.4) is 0 Å². The van der Waals surface area contributed by atoms with Gasteiger partial charge in [0.25, 0.3) is 0 Å². The predicted molar refractivity (Wildman–Crippen MR) is 62.9 cm³/mol. The molecule has 0 amide bonds. The fourth-order valence-electron chi connectivity index (χ4n) is 2.63. The quantitative estimate of drug-likeness (QED) is 0.835. The normalized spacial score (nSPS) is 32.8. The van der Waals surface area contributed by atoms with Gasteiger partial charge >= 0.3 is 0 Å². The molecule has 16 heavy (non-hydrogen) atoms. The minimum atomic E-state index is -0.214. The second-order valence-corrected chi connectivity index (χ2v) is 5.11. The molecule has 0 atom stereocenters. The van der Waals surface area contributed by atoms with Gasteiger partial charge in [-0.3, -0.25) is 0 Å². The van der Waals surface area contributed by atoms with E-state index >= 15 is 0 Å². The van der Waals surface area contributed by atoms with Crippen molar-refractivity contribution in [2.24, 2.45) is 0 Å². The van der Waals surface area contributed by atoms with Gasteiger partial charge in [-0.1, -0.05) is 30.3 Å². The third-order valence-electron chi connectivity index (χ3n) is 3.78. The first-order chi connectivity index (χ1) is 7.82. The Morgan fingerprint density at radius 2 is 1.81 bits per heavy atom. The molecule has 3 rings (SSSR count). The molecule has 82 valence electrons. The van der Waals surface area contributed by atoms with E-state index in [1.165, 1.54) is 18.4 Å². The van der Waals surface area contributed by atoms with E-state index < -0.39 is 0 Å². The Balaban J connectivity index is 1.71. The second-order valence-electron chi connectivity index (χ2n) is 5.11. The average molecular weight is 212 g/mol. The van der Waals surface area contributed by atoms with Crippen LogP contribution < -0.4 is 5.32 Å². The number of rotatable bonds is 3. The molecule has 2 heteroatoms. The smallest absolute Gasteiger partial charge is 0.0852 e. The molecule has 2 nitrogen and oxygen atoms in total. The van der Waals surface area contributed by atoms with Gasteiger partial charge in [0, 0.05) is 12.1 Å². The van der Waals surface area contributed by atoms with Crippen molar-refractivity contribution in [3.63, 3.8) is 0 Å². The Labute approximate surface area is 96.3 Å². The van der Waals surface area contributed by atoms with Gasteiger partial charge in [-0.2, -0.15) is 5.26 Å². The number of nitriles is 1. The van der Waals surface area contributed by atoms with Crippen molar-refractivity contribution >= 4 is 0 Å². The number of hydrogen-bond acceptors (Lipinski definition) is 2. The zero-order valence-corrected chi connectivity index (χ0v) is 9.32. The Bertz CT molecular complexity index is 408. The first-order valence-corrected chi connectivity index (χ1v) is 6.05. The molecule has 0 heterocycles. The Morgan fingerprint density at radius 1 is 1.12 bits per heavy atom. The lowest BCUT2D eigenvalue weighted by atomic mass is 9.62. The minimum Gasteiger partial charge on any atom is -0.311 e. The van der Waals surface area contributed by atoms with Crippen LogP contribution in [0.15, 0.2) is 30.3 Å². The SMILES string of the molecule is N#CC1(c2ccccc2)CC(NC2CC2)C1. The average Bonchev–Trinajstić information content (AvgIpc) is 3.08. The monoisotopic (exact) mass is 212 g/mol. The van der Waals surface area contributed by atoms with Crippen LogP contribution in [0.5, 0.6) is 0 Å². The molecule has 0 saturated heterocycles. The number of hydrogen-bond donors (Lipinski definition) is 1. The molecule has 2 aliphatic rings. The Kier molecular flexibility index (Phi) is 2.22. The third kappa shape index (κ3) is 1.62. The Morgan fingerprint density at radius 3 is 2.38 bits per heavy atom. The van der Waals surface area contributed by atoms with Gasteiger partial charge in [0.1, 0.15) is 0 Å². The van der Waals surface area contributed by atoms with E-state index in [1.54, 1.807) is 0 Å². The van der Waals surface area contributed by atoms with Gasteiger partial charge in [-0.15, -0.1) is 0 Å². The van der Waals surface area contributed by atoms with Crippen LogP contribution in [0.25, 0.3) is 0 Å². The molecule has 2 fully saturated rings. The number of nitrogens with zero attached hydrogens (tertiary/aromatic N) is 1. The van der Waals surface area contributed by atoms with Crippen molar-refractivity contribution in [3.8, 4) is 6.07 Å². The van der Waals surface area contributed by atoms with Crippen molar-refractivity contribution in [2.45, 2.75) is 43.2 Å². The van der Waals surface area contributed by atoms with Crippen LogP contribution in [0, 0.1) is 11.3 Å². The van der Waals surface area contributed by atoms with Gasteiger partial charge in [-0.25, -0.2) is 0 Å². The molecule has 0 radical (unpaired) electrons. The van der Waals surface area contributed by atoms with E-state index in [2.05, 4.69) is 23.5 Å². The highest BCUT2D eigenvalue weighted by molar-refractivity contribution is 5.37. The standard InChI is InChI=1S/C14H16N2/c15-10-14(11-4-2-1-3-5-11)8-13(9-14)16-12-6-7-12/h1-5,12-13,16H,6-9H2. The number of benzene rings is 1. The molecule has 0 unspecified atom stereocenters. The van der Waals surface area contributed by atoms with Crippen molar-refractivity contribution in [1.82, 2.24) is 5.32 Å². The molecular formula is C14H16N2. The lowest BCUT2D eigenvalue weighted by Crippen LogP contribution is -2.51. The lowest BCUT2D eigenvalue weighted by Gasteiger charge is -2.43. The summed E-state index contributed by atoms with van der Waals surface area (Å²) >= 11 is 0. The maximum absolute atomic E-state index is 9.38. The van der Waals surface area contributed by atoms with Crippen LogP contribution in [0.1, 0.15) is 31.2 Å². The molecule has 0 aliphatic heterocycles. The van der Waals surface area contributed by atoms with Gasteiger partial charge in [-0.05, 0) is 31.2 Å². The predicted octanol–water partition coefficient (Wildman–Crippen LogP) is 2.36. The first kappa shape index (κ1) is 9.86. The zero-order valence-electron chi connectivity index (χ0n) is 9.32.